The van der Waals surface area contributed by atoms with Crippen LogP contribution in [0.25, 0.3) is 10.9 Å². The fraction of sp³-hybridized carbons (Fsp3) is 0.250. The third-order valence-corrected chi connectivity index (χ3v) is 5.15. The molecular formula is C24H24N2O. The third kappa shape index (κ3) is 3.85. The molecule has 0 saturated carbocycles. The van der Waals surface area contributed by atoms with Crippen molar-refractivity contribution in [2.75, 3.05) is 6.54 Å². The molecule has 1 N–H and O–H groups in total. The van der Waals surface area contributed by atoms with Crippen LogP contribution in [0.2, 0.25) is 0 Å². The van der Waals surface area contributed by atoms with Crippen LogP contribution in [0.5, 0.6) is 0 Å². The summed E-state index contributed by atoms with van der Waals surface area (Å²) in [5, 5.41) is 1.04. The number of benzene rings is 2. The number of aromatic amines is 1. The van der Waals surface area contributed by atoms with E-state index in [0.29, 0.717) is 6.54 Å². The average Bonchev–Trinajstić information content (AvgIpc) is 2.67. The molecule has 0 spiro atoms. The molecule has 27 heavy (non-hydrogen) atoms. The van der Waals surface area contributed by atoms with E-state index >= 15 is 0 Å². The van der Waals surface area contributed by atoms with Crippen LogP contribution in [0.3, 0.4) is 0 Å². The minimum Gasteiger partial charge on any atom is -0.322 e. The van der Waals surface area contributed by atoms with Crippen molar-refractivity contribution in [3.8, 4) is 12.3 Å². The first kappa shape index (κ1) is 18.7. The summed E-state index contributed by atoms with van der Waals surface area (Å²) in [4.78, 5) is 19.4. The number of nitrogens with zero attached hydrogens (tertiary/aromatic N) is 1. The first-order valence-corrected chi connectivity index (χ1v) is 9.13. The quantitative estimate of drug-likeness (QED) is 0.520. The number of aromatic nitrogens is 1. The van der Waals surface area contributed by atoms with Crippen LogP contribution in [-0.4, -0.2) is 18.2 Å². The Morgan fingerprint density at radius 1 is 1.22 bits per heavy atom. The van der Waals surface area contributed by atoms with E-state index in [9.17, 15) is 4.79 Å². The molecule has 0 bridgehead atoms. The van der Waals surface area contributed by atoms with Crippen molar-refractivity contribution < 1.29 is 0 Å². The van der Waals surface area contributed by atoms with Gasteiger partial charge in [-0.3, -0.25) is 4.79 Å². The van der Waals surface area contributed by atoms with Gasteiger partial charge in [0.2, 0.25) is 0 Å². The van der Waals surface area contributed by atoms with E-state index in [1.54, 1.807) is 0 Å². The highest BCUT2D eigenvalue weighted by Gasteiger charge is 2.27. The number of aliphatic imine (C=N–C) groups is 1. The zero-order valence-corrected chi connectivity index (χ0v) is 15.9. The minimum atomic E-state index is -0.247. The summed E-state index contributed by atoms with van der Waals surface area (Å²) in [5.41, 5.74) is 4.53. The Morgan fingerprint density at radius 3 is 2.74 bits per heavy atom. The van der Waals surface area contributed by atoms with Gasteiger partial charge < -0.3 is 9.98 Å². The lowest BCUT2D eigenvalue weighted by Crippen LogP contribution is -2.29. The number of hydrogen-bond acceptors (Lipinski definition) is 2. The number of terminal acetylenes is 1. The predicted octanol–water partition coefficient (Wildman–Crippen LogP) is 4.27. The summed E-state index contributed by atoms with van der Waals surface area (Å²) < 4.78 is 0. The van der Waals surface area contributed by atoms with E-state index in [1.165, 1.54) is 0 Å². The first-order valence-electron chi connectivity index (χ1n) is 9.13. The van der Waals surface area contributed by atoms with Crippen LogP contribution in [0.15, 0.2) is 58.3 Å². The maximum atomic E-state index is 12.2. The molecule has 0 fully saturated rings. The van der Waals surface area contributed by atoms with Gasteiger partial charge in [0.1, 0.15) is 0 Å². The lowest BCUT2D eigenvalue weighted by atomic mass is 9.77. The Kier molecular flexibility index (Phi) is 5.28. The lowest BCUT2D eigenvalue weighted by molar-refractivity contribution is 0.484. The molecule has 0 aliphatic carbocycles. The van der Waals surface area contributed by atoms with Gasteiger partial charge in [-0.2, -0.15) is 0 Å². The Morgan fingerprint density at radius 2 is 2.04 bits per heavy atom. The largest absolute Gasteiger partial charge is 0.322 e. The van der Waals surface area contributed by atoms with Crippen LogP contribution in [0, 0.1) is 12.3 Å². The Labute approximate surface area is 160 Å². The maximum absolute atomic E-state index is 12.2. The monoisotopic (exact) mass is 356 g/mol. The lowest BCUT2D eigenvalue weighted by Gasteiger charge is -2.29. The van der Waals surface area contributed by atoms with E-state index in [4.69, 9.17) is 6.42 Å². The molecule has 3 nitrogen and oxygen atoms in total. The number of hydrogen-bond donors (Lipinski definition) is 1. The molecule has 1 heterocycles. The molecule has 0 aliphatic heterocycles. The highest BCUT2D eigenvalue weighted by atomic mass is 16.1. The second kappa shape index (κ2) is 7.63. The zero-order valence-electron chi connectivity index (χ0n) is 15.9. The van der Waals surface area contributed by atoms with Crippen LogP contribution in [0.4, 0.5) is 0 Å². The molecule has 1 atom stereocenters. The number of H-pyrrole nitrogens is 1. The highest BCUT2D eigenvalue weighted by molar-refractivity contribution is 5.80. The van der Waals surface area contributed by atoms with Crippen molar-refractivity contribution in [3.63, 3.8) is 0 Å². The van der Waals surface area contributed by atoms with Gasteiger partial charge in [-0.05, 0) is 60.3 Å². The Bertz CT molecular complexity index is 1090. The number of nitrogens with one attached hydrogen (secondary N) is 1. The van der Waals surface area contributed by atoms with Gasteiger partial charge in [0, 0.05) is 28.6 Å². The van der Waals surface area contributed by atoms with Gasteiger partial charge in [-0.25, -0.2) is 0 Å². The summed E-state index contributed by atoms with van der Waals surface area (Å²) in [7, 11) is 0. The van der Waals surface area contributed by atoms with E-state index < -0.39 is 0 Å². The van der Waals surface area contributed by atoms with Crippen molar-refractivity contribution in [1.82, 2.24) is 4.98 Å². The maximum Gasteiger partial charge on any atom is 0.251 e. The minimum absolute atomic E-state index is 0.0209. The van der Waals surface area contributed by atoms with Gasteiger partial charge >= 0.3 is 0 Å². The molecule has 3 rings (SSSR count). The highest BCUT2D eigenvalue weighted by Crippen LogP contribution is 2.31. The van der Waals surface area contributed by atoms with E-state index in [1.807, 2.05) is 31.2 Å². The third-order valence-electron chi connectivity index (χ3n) is 5.15. The molecule has 0 aliphatic rings. The van der Waals surface area contributed by atoms with Gasteiger partial charge in [-0.15, -0.1) is 6.42 Å². The zero-order chi connectivity index (χ0) is 19.4. The fourth-order valence-corrected chi connectivity index (χ4v) is 3.60. The van der Waals surface area contributed by atoms with Crippen molar-refractivity contribution in [2.45, 2.75) is 32.1 Å². The second-order valence-corrected chi connectivity index (χ2v) is 7.24. The Balaban J connectivity index is 2.06. The number of rotatable bonds is 6. The Hall–Kier alpha value is -3.12. The molecule has 0 amide bonds. The first-order chi connectivity index (χ1) is 13.0. The SMILES string of the molecule is C#Cc1cccc(C[C@@](C)(CN=C)c2ccc3cc(CC)c(=O)[nH]c3c2)c1. The molecule has 0 unspecified atom stereocenters. The summed E-state index contributed by atoms with van der Waals surface area (Å²) in [6, 6.07) is 16.3. The van der Waals surface area contributed by atoms with Crippen molar-refractivity contribution in [2.24, 2.45) is 4.99 Å². The number of fused-ring (bicyclic) bond motifs is 1. The molecule has 0 saturated heterocycles. The van der Waals surface area contributed by atoms with Crippen molar-refractivity contribution in [1.29, 1.82) is 0 Å². The molecule has 1 aromatic heterocycles. The van der Waals surface area contributed by atoms with E-state index in [0.717, 1.165) is 46.0 Å². The molecule has 3 heteroatoms. The van der Waals surface area contributed by atoms with E-state index in [2.05, 4.69) is 53.8 Å². The van der Waals surface area contributed by atoms with Gasteiger partial charge in [-0.1, -0.05) is 44.0 Å². The van der Waals surface area contributed by atoms with E-state index in [-0.39, 0.29) is 11.0 Å². The average molecular weight is 356 g/mol. The standard InChI is InChI=1S/C24H24N2O/c1-5-17-8-7-9-18(12-17)15-24(3,16-25-4)21-11-10-20-13-19(6-2)23(27)26-22(20)14-21/h1,7-14H,4,6,15-16H2,2-3H3,(H,26,27)/t24-/m0/s1. The fourth-order valence-electron chi connectivity index (χ4n) is 3.60. The van der Waals surface area contributed by atoms with Crippen LogP contribution >= 0.6 is 0 Å². The summed E-state index contributed by atoms with van der Waals surface area (Å²) in [5.74, 6) is 2.69. The normalized spacial score (nSPS) is 13.1. The summed E-state index contributed by atoms with van der Waals surface area (Å²) in [6.07, 6.45) is 7.04. The van der Waals surface area contributed by atoms with Crippen molar-refractivity contribution in [3.05, 3.63) is 81.1 Å². The van der Waals surface area contributed by atoms with Crippen LogP contribution in [0.1, 0.15) is 36.1 Å². The molecule has 0 radical (unpaired) electrons. The topological polar surface area (TPSA) is 45.2 Å². The molecular weight excluding hydrogens is 332 g/mol. The second-order valence-electron chi connectivity index (χ2n) is 7.24. The molecule has 3 aromatic rings. The summed E-state index contributed by atoms with van der Waals surface area (Å²) >= 11 is 0. The molecule has 136 valence electrons. The predicted molar refractivity (Wildman–Crippen MR) is 114 cm³/mol. The molecule has 2 aromatic carbocycles. The van der Waals surface area contributed by atoms with Gasteiger partial charge in [0.25, 0.3) is 5.56 Å². The van der Waals surface area contributed by atoms with Gasteiger partial charge in [0.05, 0.1) is 0 Å². The van der Waals surface area contributed by atoms with Gasteiger partial charge in [0.15, 0.2) is 0 Å². The van der Waals surface area contributed by atoms with Crippen LogP contribution < -0.4 is 5.56 Å². The summed E-state index contributed by atoms with van der Waals surface area (Å²) in [6.45, 7) is 8.44. The number of pyridine rings is 1. The smallest absolute Gasteiger partial charge is 0.251 e. The number of aryl methyl sites for hydroxylation is 1. The van der Waals surface area contributed by atoms with Crippen LogP contribution in [-0.2, 0) is 18.3 Å². The van der Waals surface area contributed by atoms with Crippen molar-refractivity contribution >= 4 is 17.6 Å².